The minimum absolute atomic E-state index is 0.258. The number of amides is 1. The van der Waals surface area contributed by atoms with Gasteiger partial charge in [0.05, 0.1) is 22.5 Å². The molecule has 2 rings (SSSR count). The number of rotatable bonds is 8. The Balaban J connectivity index is 1.91. The van der Waals surface area contributed by atoms with Gasteiger partial charge in [0.25, 0.3) is 5.91 Å². The van der Waals surface area contributed by atoms with Crippen molar-refractivity contribution < 1.29 is 13.2 Å². The molecule has 1 N–H and O–H groups in total. The summed E-state index contributed by atoms with van der Waals surface area (Å²) in [5.41, 5.74) is 3.19. The summed E-state index contributed by atoms with van der Waals surface area (Å²) in [5, 5.41) is 3.12. The number of sulfonamides is 1. The van der Waals surface area contributed by atoms with Crippen molar-refractivity contribution in [2.75, 3.05) is 29.9 Å². The number of aryl methyl sites for hydroxylation is 1. The Hall–Kier alpha value is -1.70. The summed E-state index contributed by atoms with van der Waals surface area (Å²) in [4.78, 5) is 12.4. The third kappa shape index (κ3) is 6.16. The number of nitrogens with zero attached hydrogens (tertiary/aromatic N) is 1. The van der Waals surface area contributed by atoms with Gasteiger partial charge in [0, 0.05) is 25.1 Å². The predicted molar refractivity (Wildman–Crippen MR) is 114 cm³/mol. The minimum atomic E-state index is -3.41. The van der Waals surface area contributed by atoms with E-state index in [1.165, 1.54) is 30.3 Å². The van der Waals surface area contributed by atoms with Gasteiger partial charge in [-0.3, -0.25) is 9.10 Å². The van der Waals surface area contributed by atoms with Crippen LogP contribution < -0.4 is 9.62 Å². The number of thioether (sulfide) groups is 1. The molecule has 0 spiro atoms. The van der Waals surface area contributed by atoms with Crippen LogP contribution in [0, 0.1) is 6.92 Å². The van der Waals surface area contributed by atoms with E-state index in [1.54, 1.807) is 17.8 Å². The summed E-state index contributed by atoms with van der Waals surface area (Å²) in [6, 6.07) is 12.8. The largest absolute Gasteiger partial charge is 0.351 e. The molecule has 8 heteroatoms. The number of carbonyl (C=O) groups is 1. The Bertz CT molecular complexity index is 917. The summed E-state index contributed by atoms with van der Waals surface area (Å²) in [6.07, 6.45) is 1.10. The van der Waals surface area contributed by atoms with Crippen LogP contribution in [0.15, 0.2) is 42.5 Å². The molecule has 0 bridgehead atoms. The van der Waals surface area contributed by atoms with Gasteiger partial charge < -0.3 is 5.32 Å². The monoisotopic (exact) mass is 426 g/mol. The van der Waals surface area contributed by atoms with E-state index >= 15 is 0 Å². The van der Waals surface area contributed by atoms with E-state index in [4.69, 9.17) is 11.6 Å². The van der Waals surface area contributed by atoms with Crippen molar-refractivity contribution in [3.05, 3.63) is 64.2 Å². The summed E-state index contributed by atoms with van der Waals surface area (Å²) < 4.78 is 24.5. The Morgan fingerprint density at radius 3 is 2.59 bits per heavy atom. The van der Waals surface area contributed by atoms with Gasteiger partial charge in [-0.2, -0.15) is 11.8 Å². The van der Waals surface area contributed by atoms with Crippen LogP contribution in [0.4, 0.5) is 5.69 Å². The molecule has 0 aliphatic rings. The lowest BCUT2D eigenvalue weighted by atomic mass is 10.1. The molecule has 0 unspecified atom stereocenters. The van der Waals surface area contributed by atoms with Crippen molar-refractivity contribution in [2.24, 2.45) is 0 Å². The molecule has 1 amide bonds. The van der Waals surface area contributed by atoms with E-state index in [-0.39, 0.29) is 16.5 Å². The molecule has 2 aromatic rings. The zero-order valence-electron chi connectivity index (χ0n) is 15.5. The van der Waals surface area contributed by atoms with Crippen molar-refractivity contribution in [2.45, 2.75) is 12.7 Å². The van der Waals surface area contributed by atoms with E-state index in [9.17, 15) is 13.2 Å². The number of nitrogens with one attached hydrogen (secondary N) is 1. The maximum absolute atomic E-state index is 12.4. The van der Waals surface area contributed by atoms with Crippen molar-refractivity contribution >= 4 is 45.0 Å². The van der Waals surface area contributed by atoms with E-state index in [2.05, 4.69) is 24.4 Å². The fourth-order valence-corrected chi connectivity index (χ4v) is 4.00. The van der Waals surface area contributed by atoms with Crippen LogP contribution in [0.1, 0.15) is 21.5 Å². The Morgan fingerprint density at radius 1 is 1.22 bits per heavy atom. The molecule has 0 aliphatic carbocycles. The van der Waals surface area contributed by atoms with Crippen LogP contribution in [0.25, 0.3) is 0 Å². The number of hydrogen-bond donors (Lipinski definition) is 1. The van der Waals surface area contributed by atoms with Crippen LogP contribution in [-0.4, -0.2) is 39.9 Å². The van der Waals surface area contributed by atoms with E-state index in [1.807, 2.05) is 12.1 Å². The van der Waals surface area contributed by atoms with Crippen molar-refractivity contribution in [1.82, 2.24) is 5.32 Å². The van der Waals surface area contributed by atoms with Crippen molar-refractivity contribution in [3.8, 4) is 0 Å². The molecule has 0 saturated heterocycles. The van der Waals surface area contributed by atoms with E-state index in [0.717, 1.165) is 22.1 Å². The highest BCUT2D eigenvalue weighted by Gasteiger charge is 2.16. The fraction of sp³-hybridized carbons (Fsp3) is 0.316. The molecule has 0 atom stereocenters. The van der Waals surface area contributed by atoms with Gasteiger partial charge >= 0.3 is 0 Å². The molecule has 0 radical (unpaired) electrons. The van der Waals surface area contributed by atoms with E-state index in [0.29, 0.717) is 12.2 Å². The van der Waals surface area contributed by atoms with Gasteiger partial charge in [-0.15, -0.1) is 0 Å². The second kappa shape index (κ2) is 9.48. The molecule has 0 fully saturated rings. The lowest BCUT2D eigenvalue weighted by Crippen LogP contribution is -2.28. The second-order valence-electron chi connectivity index (χ2n) is 6.13. The van der Waals surface area contributed by atoms with Crippen LogP contribution >= 0.6 is 23.4 Å². The lowest BCUT2D eigenvalue weighted by Gasteiger charge is -2.18. The van der Waals surface area contributed by atoms with Gasteiger partial charge in [0.2, 0.25) is 10.0 Å². The molecule has 0 aliphatic heterocycles. The van der Waals surface area contributed by atoms with Gasteiger partial charge in [-0.1, -0.05) is 35.9 Å². The Labute approximate surface area is 170 Å². The number of halogens is 1. The molecule has 2 aromatic carbocycles. The highest BCUT2D eigenvalue weighted by Crippen LogP contribution is 2.24. The number of carbonyl (C=O) groups excluding carboxylic acids is 1. The number of benzene rings is 2. The number of anilines is 1. The van der Waals surface area contributed by atoms with Gasteiger partial charge in [-0.05, 0) is 36.2 Å². The molecular formula is C19H23ClN2O3S2. The van der Waals surface area contributed by atoms with Gasteiger partial charge in [0.15, 0.2) is 0 Å². The van der Waals surface area contributed by atoms with Crippen LogP contribution in [-0.2, 0) is 15.8 Å². The van der Waals surface area contributed by atoms with Crippen molar-refractivity contribution in [1.29, 1.82) is 0 Å². The SMILES string of the molecule is Cc1ccccc1CSCCNC(=O)c1cc(N(C)S(C)(=O)=O)ccc1Cl. The fourth-order valence-electron chi connectivity index (χ4n) is 2.36. The summed E-state index contributed by atoms with van der Waals surface area (Å²) in [7, 11) is -1.98. The highest BCUT2D eigenvalue weighted by atomic mass is 35.5. The number of hydrogen-bond acceptors (Lipinski definition) is 4. The zero-order chi connectivity index (χ0) is 20.0. The van der Waals surface area contributed by atoms with Gasteiger partial charge in [-0.25, -0.2) is 8.42 Å². The Morgan fingerprint density at radius 2 is 1.93 bits per heavy atom. The topological polar surface area (TPSA) is 66.5 Å². The standard InChI is InChI=1S/C19H23ClN2O3S2/c1-14-6-4-5-7-15(14)13-26-11-10-21-19(23)17-12-16(8-9-18(17)20)22(2)27(3,24)25/h4-9,12H,10-11,13H2,1-3H3,(H,21,23). The molecule has 0 saturated carbocycles. The first kappa shape index (κ1) is 21.6. The molecule has 146 valence electrons. The molecule has 27 heavy (non-hydrogen) atoms. The first-order valence-electron chi connectivity index (χ1n) is 8.34. The maximum atomic E-state index is 12.4. The zero-order valence-corrected chi connectivity index (χ0v) is 17.9. The first-order valence-corrected chi connectivity index (χ1v) is 11.7. The Kier molecular flexibility index (Phi) is 7.59. The second-order valence-corrected chi connectivity index (χ2v) is 9.66. The highest BCUT2D eigenvalue weighted by molar-refractivity contribution is 7.98. The van der Waals surface area contributed by atoms with Crippen molar-refractivity contribution in [3.63, 3.8) is 0 Å². The maximum Gasteiger partial charge on any atom is 0.252 e. The van der Waals surface area contributed by atoms with Crippen LogP contribution in [0.3, 0.4) is 0 Å². The average Bonchev–Trinajstić information content (AvgIpc) is 2.61. The summed E-state index contributed by atoms with van der Waals surface area (Å²) >= 11 is 7.85. The quantitative estimate of drug-likeness (QED) is 0.653. The summed E-state index contributed by atoms with van der Waals surface area (Å²) in [5.74, 6) is 1.33. The molecule has 0 heterocycles. The third-order valence-corrected chi connectivity index (χ3v) is 6.65. The van der Waals surface area contributed by atoms with Crippen LogP contribution in [0.2, 0.25) is 5.02 Å². The smallest absolute Gasteiger partial charge is 0.252 e. The van der Waals surface area contributed by atoms with Crippen LogP contribution in [0.5, 0.6) is 0 Å². The predicted octanol–water partition coefficient (Wildman–Crippen LogP) is 3.71. The van der Waals surface area contributed by atoms with E-state index < -0.39 is 10.0 Å². The average molecular weight is 427 g/mol. The minimum Gasteiger partial charge on any atom is -0.351 e. The molecule has 0 aromatic heterocycles. The molecule has 5 nitrogen and oxygen atoms in total. The van der Waals surface area contributed by atoms with Gasteiger partial charge in [0.1, 0.15) is 0 Å². The first-order chi connectivity index (χ1) is 12.7. The molecular weight excluding hydrogens is 404 g/mol. The lowest BCUT2D eigenvalue weighted by molar-refractivity contribution is 0.0956. The third-order valence-electron chi connectivity index (χ3n) is 4.11. The normalized spacial score (nSPS) is 11.3. The summed E-state index contributed by atoms with van der Waals surface area (Å²) in [6.45, 7) is 2.58.